The molecule has 0 aliphatic heterocycles. The number of halogens is 2. The number of rotatable bonds is 4. The van der Waals surface area contributed by atoms with E-state index < -0.39 is 0 Å². The van der Waals surface area contributed by atoms with Crippen LogP contribution in [0, 0.1) is 12.7 Å². The van der Waals surface area contributed by atoms with Crippen molar-refractivity contribution < 1.29 is 4.39 Å². The van der Waals surface area contributed by atoms with Gasteiger partial charge in [0.05, 0.1) is 17.9 Å². The predicted molar refractivity (Wildman–Crippen MR) is 77.0 cm³/mol. The van der Waals surface area contributed by atoms with E-state index in [9.17, 15) is 4.39 Å². The second-order valence-electron chi connectivity index (χ2n) is 4.46. The molecule has 0 fully saturated rings. The van der Waals surface area contributed by atoms with Crippen LogP contribution in [0.4, 0.5) is 10.1 Å². The first-order chi connectivity index (χ1) is 9.11. The summed E-state index contributed by atoms with van der Waals surface area (Å²) in [5.74, 6) is -0.194. The third kappa shape index (κ3) is 3.24. The number of anilines is 1. The van der Waals surface area contributed by atoms with Crippen molar-refractivity contribution in [3.8, 4) is 0 Å². The molecule has 0 saturated carbocycles. The average molecular weight is 279 g/mol. The summed E-state index contributed by atoms with van der Waals surface area (Å²) in [4.78, 5) is 4.09. The van der Waals surface area contributed by atoms with E-state index in [-0.39, 0.29) is 11.9 Å². The summed E-state index contributed by atoms with van der Waals surface area (Å²) >= 11 is 5.89. The molecule has 100 valence electrons. The maximum absolute atomic E-state index is 13.8. The molecule has 1 aromatic carbocycles. The number of hydrogen-bond acceptors (Lipinski definition) is 2. The lowest BCUT2D eigenvalue weighted by Crippen LogP contribution is -2.11. The Morgan fingerprint density at radius 3 is 2.74 bits per heavy atom. The second-order valence-corrected chi connectivity index (χ2v) is 4.82. The highest BCUT2D eigenvalue weighted by molar-refractivity contribution is 6.30. The molecule has 0 radical (unpaired) electrons. The molecule has 2 nitrogen and oxygen atoms in total. The Labute approximate surface area is 117 Å². The van der Waals surface area contributed by atoms with E-state index in [1.165, 1.54) is 6.07 Å². The zero-order chi connectivity index (χ0) is 13.8. The molecule has 0 saturated heterocycles. The van der Waals surface area contributed by atoms with Crippen LogP contribution in [0.15, 0.2) is 36.5 Å². The van der Waals surface area contributed by atoms with Crippen LogP contribution in [0.1, 0.15) is 30.5 Å². The highest BCUT2D eigenvalue weighted by Crippen LogP contribution is 2.25. The molecule has 19 heavy (non-hydrogen) atoms. The van der Waals surface area contributed by atoms with Crippen LogP contribution in [-0.2, 0) is 0 Å². The van der Waals surface area contributed by atoms with Gasteiger partial charge in [-0.1, -0.05) is 36.7 Å². The fraction of sp³-hybridized carbons (Fsp3) is 0.267. The van der Waals surface area contributed by atoms with Crippen molar-refractivity contribution in [3.63, 3.8) is 0 Å². The Balaban J connectivity index is 2.24. The summed E-state index contributed by atoms with van der Waals surface area (Å²) in [6, 6.07) is 8.65. The Hall–Kier alpha value is -1.61. The number of pyridine rings is 1. The number of aryl methyl sites for hydroxylation is 1. The van der Waals surface area contributed by atoms with Crippen LogP contribution in [-0.4, -0.2) is 4.98 Å². The van der Waals surface area contributed by atoms with Gasteiger partial charge in [-0.2, -0.15) is 0 Å². The van der Waals surface area contributed by atoms with Crippen LogP contribution in [0.25, 0.3) is 0 Å². The molecule has 1 heterocycles. The number of nitrogens with zero attached hydrogens (tertiary/aromatic N) is 1. The van der Waals surface area contributed by atoms with Gasteiger partial charge in [0.15, 0.2) is 0 Å². The summed E-state index contributed by atoms with van der Waals surface area (Å²) < 4.78 is 13.8. The highest BCUT2D eigenvalue weighted by atomic mass is 35.5. The number of nitrogens with one attached hydrogen (secondary N) is 1. The minimum absolute atomic E-state index is 0.0800. The van der Waals surface area contributed by atoms with E-state index in [1.807, 2.05) is 26.0 Å². The molecule has 1 aromatic heterocycles. The third-order valence-electron chi connectivity index (χ3n) is 3.04. The molecule has 1 unspecified atom stereocenters. The number of aromatic nitrogens is 1. The molecule has 1 atom stereocenters. The summed E-state index contributed by atoms with van der Waals surface area (Å²) in [6.07, 6.45) is 2.45. The van der Waals surface area contributed by atoms with Crippen molar-refractivity contribution in [2.24, 2.45) is 0 Å². The Morgan fingerprint density at radius 1 is 1.37 bits per heavy atom. The Bertz CT molecular complexity index is 572. The fourth-order valence-electron chi connectivity index (χ4n) is 2.00. The molecule has 0 amide bonds. The lowest BCUT2D eigenvalue weighted by molar-refractivity contribution is 0.587. The van der Waals surface area contributed by atoms with Crippen LogP contribution < -0.4 is 5.32 Å². The third-order valence-corrected chi connectivity index (χ3v) is 3.44. The van der Waals surface area contributed by atoms with Crippen molar-refractivity contribution in [1.29, 1.82) is 0 Å². The van der Waals surface area contributed by atoms with Gasteiger partial charge in [0.25, 0.3) is 0 Å². The van der Waals surface area contributed by atoms with Gasteiger partial charge in [-0.25, -0.2) is 9.37 Å². The van der Waals surface area contributed by atoms with Gasteiger partial charge < -0.3 is 5.32 Å². The van der Waals surface area contributed by atoms with Gasteiger partial charge in [0, 0.05) is 5.56 Å². The minimum atomic E-state index is -0.194. The quantitative estimate of drug-likeness (QED) is 0.817. The molecular formula is C15H16ClFN2. The first kappa shape index (κ1) is 13.8. The molecule has 0 aliphatic rings. The molecule has 2 aromatic rings. The number of hydrogen-bond donors (Lipinski definition) is 1. The van der Waals surface area contributed by atoms with Crippen LogP contribution >= 0.6 is 11.6 Å². The van der Waals surface area contributed by atoms with Crippen molar-refractivity contribution in [2.75, 3.05) is 5.32 Å². The Morgan fingerprint density at radius 2 is 2.11 bits per heavy atom. The van der Waals surface area contributed by atoms with E-state index in [0.29, 0.717) is 10.7 Å². The van der Waals surface area contributed by atoms with E-state index in [4.69, 9.17) is 11.6 Å². The zero-order valence-electron chi connectivity index (χ0n) is 11.0. The van der Waals surface area contributed by atoms with E-state index in [2.05, 4.69) is 10.3 Å². The van der Waals surface area contributed by atoms with Crippen LogP contribution in [0.2, 0.25) is 5.15 Å². The summed E-state index contributed by atoms with van der Waals surface area (Å²) in [7, 11) is 0. The van der Waals surface area contributed by atoms with Crippen molar-refractivity contribution >= 4 is 17.3 Å². The van der Waals surface area contributed by atoms with Crippen LogP contribution in [0.3, 0.4) is 0 Å². The summed E-state index contributed by atoms with van der Waals surface area (Å²) in [5.41, 5.74) is 2.41. The van der Waals surface area contributed by atoms with Gasteiger partial charge in [0.2, 0.25) is 0 Å². The predicted octanol–water partition coefficient (Wildman–Crippen LogP) is 4.75. The minimum Gasteiger partial charge on any atom is -0.377 e. The maximum Gasteiger partial charge on any atom is 0.132 e. The monoisotopic (exact) mass is 278 g/mol. The zero-order valence-corrected chi connectivity index (χ0v) is 11.7. The summed E-state index contributed by atoms with van der Waals surface area (Å²) in [6.45, 7) is 3.91. The van der Waals surface area contributed by atoms with Gasteiger partial charge in [-0.15, -0.1) is 0 Å². The molecule has 2 rings (SSSR count). The highest BCUT2D eigenvalue weighted by Gasteiger charge is 2.13. The first-order valence-corrected chi connectivity index (χ1v) is 6.62. The van der Waals surface area contributed by atoms with E-state index >= 15 is 0 Å². The lowest BCUT2D eigenvalue weighted by Gasteiger charge is -2.19. The maximum atomic E-state index is 13.8. The summed E-state index contributed by atoms with van der Waals surface area (Å²) in [5, 5.41) is 3.78. The molecule has 4 heteroatoms. The topological polar surface area (TPSA) is 24.9 Å². The normalized spacial score (nSPS) is 12.2. The largest absolute Gasteiger partial charge is 0.377 e. The average Bonchev–Trinajstić information content (AvgIpc) is 2.41. The van der Waals surface area contributed by atoms with E-state index in [0.717, 1.165) is 17.7 Å². The van der Waals surface area contributed by atoms with Gasteiger partial charge in [-0.3, -0.25) is 0 Å². The number of benzene rings is 1. The standard InChI is InChI=1S/C15H16ClFN2/c1-3-14(12-6-4-5-7-13(12)17)19-11-8-10(2)15(16)18-9-11/h4-9,14,19H,3H2,1-2H3. The van der Waals surface area contributed by atoms with Crippen molar-refractivity contribution in [3.05, 3.63) is 58.6 Å². The van der Waals surface area contributed by atoms with E-state index in [1.54, 1.807) is 18.3 Å². The van der Waals surface area contributed by atoms with Gasteiger partial charge in [-0.05, 0) is 31.0 Å². The first-order valence-electron chi connectivity index (χ1n) is 6.25. The SMILES string of the molecule is CCC(Nc1cnc(Cl)c(C)c1)c1ccccc1F. The lowest BCUT2D eigenvalue weighted by atomic mass is 10.0. The van der Waals surface area contributed by atoms with Crippen molar-refractivity contribution in [1.82, 2.24) is 4.98 Å². The molecule has 0 bridgehead atoms. The molecule has 1 N–H and O–H groups in total. The fourth-order valence-corrected chi connectivity index (χ4v) is 2.10. The van der Waals surface area contributed by atoms with Crippen molar-refractivity contribution in [2.45, 2.75) is 26.3 Å². The smallest absolute Gasteiger partial charge is 0.132 e. The van der Waals surface area contributed by atoms with Gasteiger partial charge in [0.1, 0.15) is 11.0 Å². The Kier molecular flexibility index (Phi) is 4.38. The molecular weight excluding hydrogens is 263 g/mol. The second kappa shape index (κ2) is 6.02. The molecule has 0 aliphatic carbocycles. The van der Waals surface area contributed by atoms with Gasteiger partial charge >= 0.3 is 0 Å². The molecule has 0 spiro atoms. The van der Waals surface area contributed by atoms with Crippen LogP contribution in [0.5, 0.6) is 0 Å².